The first kappa shape index (κ1) is 22.2. The number of carbonyl (C=O) groups excluding carboxylic acids is 1. The highest BCUT2D eigenvalue weighted by Crippen LogP contribution is 2.30. The molecule has 3 N–H and O–H groups in total. The zero-order valence-corrected chi connectivity index (χ0v) is 19.1. The number of benzene rings is 3. The van der Waals surface area contributed by atoms with Crippen molar-refractivity contribution >= 4 is 39.2 Å². The molecular weight excluding hydrogens is 444 g/mol. The van der Waals surface area contributed by atoms with Gasteiger partial charge in [0, 0.05) is 36.3 Å². The largest absolute Gasteiger partial charge is 0.491 e. The van der Waals surface area contributed by atoms with Gasteiger partial charge in [-0.3, -0.25) is 0 Å². The van der Waals surface area contributed by atoms with Crippen LogP contribution in [0.4, 0.5) is 16.2 Å². The van der Waals surface area contributed by atoms with Crippen molar-refractivity contribution in [1.29, 1.82) is 0 Å². The Morgan fingerprint density at radius 2 is 1.71 bits per heavy atom. The summed E-state index contributed by atoms with van der Waals surface area (Å²) in [5.41, 5.74) is 2.09. The van der Waals surface area contributed by atoms with Crippen LogP contribution in [-0.2, 0) is 4.74 Å². The molecule has 0 spiro atoms. The number of urea groups is 1. The molecule has 0 saturated carbocycles. The summed E-state index contributed by atoms with van der Waals surface area (Å²) >= 11 is 0. The Balaban J connectivity index is 1.22. The molecule has 2 aromatic heterocycles. The minimum Gasteiger partial charge on any atom is -0.491 e. The number of ether oxygens (including phenoxy) is 3. The standard InChI is InChI=1S/C27H24N4O4/c1-33-15-16-34-24-4-2-3-18-17-20(7-10-22(18)24)31-27(32)30-19-5-8-21(9-6-19)35-25-12-14-29-26-23(25)11-13-28-26/h2-14,17H,15-16H2,1H3,(H,28,29)(H2,30,31,32). The molecular formula is C27H24N4O4. The topological polar surface area (TPSA) is 97.5 Å². The Morgan fingerprint density at radius 1 is 0.886 bits per heavy atom. The van der Waals surface area contributed by atoms with Gasteiger partial charge in [0.2, 0.25) is 0 Å². The van der Waals surface area contributed by atoms with Crippen molar-refractivity contribution in [3.8, 4) is 17.2 Å². The number of nitrogens with one attached hydrogen (secondary N) is 3. The van der Waals surface area contributed by atoms with Crippen molar-refractivity contribution in [2.24, 2.45) is 0 Å². The molecule has 3 aromatic carbocycles. The van der Waals surface area contributed by atoms with Crippen LogP contribution in [0.2, 0.25) is 0 Å². The number of hydrogen-bond donors (Lipinski definition) is 3. The highest BCUT2D eigenvalue weighted by Gasteiger charge is 2.08. The predicted molar refractivity (Wildman–Crippen MR) is 137 cm³/mol. The molecule has 8 nitrogen and oxygen atoms in total. The summed E-state index contributed by atoms with van der Waals surface area (Å²) in [6.45, 7) is 0.991. The van der Waals surface area contributed by atoms with Crippen molar-refractivity contribution in [1.82, 2.24) is 9.97 Å². The summed E-state index contributed by atoms with van der Waals surface area (Å²) < 4.78 is 16.8. The van der Waals surface area contributed by atoms with E-state index in [0.29, 0.717) is 36.1 Å². The SMILES string of the molecule is COCCOc1cccc2cc(NC(=O)Nc3ccc(Oc4ccnc5[nH]ccc45)cc3)ccc12. The molecule has 0 aliphatic rings. The summed E-state index contributed by atoms with van der Waals surface area (Å²) in [4.78, 5) is 19.9. The summed E-state index contributed by atoms with van der Waals surface area (Å²) in [5.74, 6) is 2.14. The minimum atomic E-state index is -0.339. The van der Waals surface area contributed by atoms with E-state index in [1.165, 1.54) is 0 Å². The molecule has 0 aliphatic carbocycles. The zero-order valence-electron chi connectivity index (χ0n) is 19.1. The van der Waals surface area contributed by atoms with E-state index in [9.17, 15) is 4.79 Å². The van der Waals surface area contributed by atoms with E-state index in [4.69, 9.17) is 14.2 Å². The van der Waals surface area contributed by atoms with Crippen molar-refractivity contribution in [2.45, 2.75) is 0 Å². The smallest absolute Gasteiger partial charge is 0.323 e. The van der Waals surface area contributed by atoms with Crippen LogP contribution < -0.4 is 20.1 Å². The predicted octanol–water partition coefficient (Wildman–Crippen LogP) is 6.18. The first-order chi connectivity index (χ1) is 17.2. The van der Waals surface area contributed by atoms with Crippen LogP contribution in [0.3, 0.4) is 0 Å². The summed E-state index contributed by atoms with van der Waals surface area (Å²) in [6.07, 6.45) is 3.51. The van der Waals surface area contributed by atoms with Gasteiger partial charge >= 0.3 is 6.03 Å². The normalized spacial score (nSPS) is 10.9. The van der Waals surface area contributed by atoms with Gasteiger partial charge in [-0.05, 0) is 66.0 Å². The molecule has 0 saturated heterocycles. The molecule has 5 rings (SSSR count). The fourth-order valence-electron chi connectivity index (χ4n) is 3.74. The Hall–Kier alpha value is -4.56. The first-order valence-corrected chi connectivity index (χ1v) is 11.1. The van der Waals surface area contributed by atoms with E-state index in [-0.39, 0.29) is 6.03 Å². The summed E-state index contributed by atoms with van der Waals surface area (Å²) in [5, 5.41) is 8.55. The number of carbonyl (C=O) groups is 1. The summed E-state index contributed by atoms with van der Waals surface area (Å²) in [6, 6.07) is 22.1. The Kier molecular flexibility index (Phi) is 6.45. The molecule has 0 bridgehead atoms. The van der Waals surface area contributed by atoms with Crippen molar-refractivity contribution in [3.05, 3.63) is 85.2 Å². The van der Waals surface area contributed by atoms with E-state index in [0.717, 1.165) is 27.6 Å². The fourth-order valence-corrected chi connectivity index (χ4v) is 3.74. The third-order valence-corrected chi connectivity index (χ3v) is 5.40. The van der Waals surface area contributed by atoms with Crippen molar-refractivity contribution < 1.29 is 19.0 Å². The molecule has 35 heavy (non-hydrogen) atoms. The lowest BCUT2D eigenvalue weighted by molar-refractivity contribution is 0.147. The van der Waals surface area contributed by atoms with Gasteiger partial charge in [-0.25, -0.2) is 9.78 Å². The van der Waals surface area contributed by atoms with Crippen LogP contribution in [0, 0.1) is 0 Å². The highest BCUT2D eigenvalue weighted by molar-refractivity contribution is 6.01. The van der Waals surface area contributed by atoms with Gasteiger partial charge in [0.05, 0.1) is 12.0 Å². The molecule has 0 radical (unpaired) electrons. The zero-order chi connectivity index (χ0) is 24.0. The van der Waals surface area contributed by atoms with Gasteiger partial charge in [-0.2, -0.15) is 0 Å². The number of amides is 2. The maximum absolute atomic E-state index is 12.5. The van der Waals surface area contributed by atoms with Gasteiger partial charge in [0.25, 0.3) is 0 Å². The van der Waals surface area contributed by atoms with Crippen LogP contribution in [0.15, 0.2) is 85.2 Å². The van der Waals surface area contributed by atoms with E-state index in [1.807, 2.05) is 54.7 Å². The molecule has 8 heteroatoms. The van der Waals surface area contributed by atoms with E-state index in [2.05, 4.69) is 20.6 Å². The monoisotopic (exact) mass is 468 g/mol. The number of anilines is 2. The Labute approximate surface area is 201 Å². The maximum atomic E-state index is 12.5. The maximum Gasteiger partial charge on any atom is 0.323 e. The average molecular weight is 469 g/mol. The van der Waals surface area contributed by atoms with Crippen LogP contribution in [0.5, 0.6) is 17.2 Å². The quantitative estimate of drug-likeness (QED) is 0.236. The lowest BCUT2D eigenvalue weighted by atomic mass is 10.1. The molecule has 0 aliphatic heterocycles. The number of aromatic amines is 1. The van der Waals surface area contributed by atoms with Crippen LogP contribution >= 0.6 is 0 Å². The van der Waals surface area contributed by atoms with Gasteiger partial charge in [0.1, 0.15) is 29.5 Å². The van der Waals surface area contributed by atoms with Crippen molar-refractivity contribution in [2.75, 3.05) is 31.0 Å². The molecule has 2 heterocycles. The second kappa shape index (κ2) is 10.1. The number of H-pyrrole nitrogens is 1. The number of aromatic nitrogens is 2. The van der Waals surface area contributed by atoms with Crippen LogP contribution in [0.25, 0.3) is 21.8 Å². The van der Waals surface area contributed by atoms with Crippen LogP contribution in [0.1, 0.15) is 0 Å². The lowest BCUT2D eigenvalue weighted by Crippen LogP contribution is -2.19. The third-order valence-electron chi connectivity index (χ3n) is 5.40. The van der Waals surface area contributed by atoms with Gasteiger partial charge in [-0.15, -0.1) is 0 Å². The third kappa shape index (κ3) is 5.18. The highest BCUT2D eigenvalue weighted by atomic mass is 16.5. The summed E-state index contributed by atoms with van der Waals surface area (Å²) in [7, 11) is 1.64. The number of nitrogens with zero attached hydrogens (tertiary/aromatic N) is 1. The molecule has 5 aromatic rings. The Bertz CT molecular complexity index is 1460. The number of hydrogen-bond acceptors (Lipinski definition) is 5. The molecule has 0 unspecified atom stereocenters. The Morgan fingerprint density at radius 3 is 2.57 bits per heavy atom. The molecule has 0 atom stereocenters. The van der Waals surface area contributed by atoms with Crippen LogP contribution in [-0.4, -0.2) is 36.3 Å². The number of fused-ring (bicyclic) bond motifs is 2. The van der Waals surface area contributed by atoms with Gasteiger partial charge in [0.15, 0.2) is 0 Å². The van der Waals surface area contributed by atoms with Gasteiger partial charge in [-0.1, -0.05) is 12.1 Å². The second-order valence-corrected chi connectivity index (χ2v) is 7.79. The number of pyridine rings is 1. The minimum absolute atomic E-state index is 0.339. The second-order valence-electron chi connectivity index (χ2n) is 7.79. The number of rotatable bonds is 8. The van der Waals surface area contributed by atoms with Crippen molar-refractivity contribution in [3.63, 3.8) is 0 Å². The average Bonchev–Trinajstić information content (AvgIpc) is 3.35. The lowest BCUT2D eigenvalue weighted by Gasteiger charge is -2.12. The molecule has 0 fully saturated rings. The number of methoxy groups -OCH3 is 1. The molecule has 176 valence electrons. The first-order valence-electron chi connectivity index (χ1n) is 11.1. The fraction of sp³-hybridized carbons (Fsp3) is 0.111. The van der Waals surface area contributed by atoms with Gasteiger partial charge < -0.3 is 29.8 Å². The molecule has 2 amide bonds. The van der Waals surface area contributed by atoms with E-state index >= 15 is 0 Å². The van der Waals surface area contributed by atoms with E-state index < -0.39 is 0 Å². The van der Waals surface area contributed by atoms with E-state index in [1.54, 1.807) is 37.6 Å².